The monoisotopic (exact) mass is 303 g/mol. The second-order valence-electron chi connectivity index (χ2n) is 5.93. The number of carbonyl (C=O) groups is 1. The van der Waals surface area contributed by atoms with Crippen molar-refractivity contribution < 1.29 is 14.3 Å². The van der Waals surface area contributed by atoms with Crippen LogP contribution in [0.5, 0.6) is 0 Å². The van der Waals surface area contributed by atoms with E-state index < -0.39 is 0 Å². The molecule has 2 unspecified atom stereocenters. The highest BCUT2D eigenvalue weighted by Crippen LogP contribution is 2.22. The van der Waals surface area contributed by atoms with E-state index in [-0.39, 0.29) is 18.1 Å². The zero-order valence-electron chi connectivity index (χ0n) is 12.9. The summed E-state index contributed by atoms with van der Waals surface area (Å²) in [5, 5.41) is 12.6. The lowest BCUT2D eigenvalue weighted by atomic mass is 9.94. The fraction of sp³-hybridized carbons (Fsp3) is 0.500. The van der Waals surface area contributed by atoms with Crippen molar-refractivity contribution in [3.8, 4) is 0 Å². The van der Waals surface area contributed by atoms with E-state index in [1.807, 2.05) is 12.1 Å². The number of aromatic nitrogens is 1. The van der Waals surface area contributed by atoms with Gasteiger partial charge in [0.1, 0.15) is 5.52 Å². The molecule has 0 spiro atoms. The van der Waals surface area contributed by atoms with Crippen LogP contribution >= 0.6 is 0 Å². The number of nitrogens with one attached hydrogen (secondary N) is 1. The molecule has 2 atom stereocenters. The minimum absolute atomic E-state index is 0.138. The quantitative estimate of drug-likeness (QED) is 0.894. The van der Waals surface area contributed by atoms with E-state index in [4.69, 9.17) is 4.42 Å². The average molecular weight is 303 g/mol. The number of piperidine rings is 1. The summed E-state index contributed by atoms with van der Waals surface area (Å²) in [5.74, 6) is 0.758. The second kappa shape index (κ2) is 5.96. The third-order valence-corrected chi connectivity index (χ3v) is 4.17. The molecule has 2 N–H and O–H groups in total. The van der Waals surface area contributed by atoms with Crippen molar-refractivity contribution in [2.75, 3.05) is 18.4 Å². The Hall–Kier alpha value is -2.08. The Bertz CT molecular complexity index is 680. The first-order valence-electron chi connectivity index (χ1n) is 7.64. The Morgan fingerprint density at radius 2 is 2.36 bits per heavy atom. The van der Waals surface area contributed by atoms with Crippen molar-refractivity contribution in [3.63, 3.8) is 0 Å². The van der Waals surface area contributed by atoms with E-state index in [0.717, 1.165) is 24.9 Å². The lowest BCUT2D eigenvalue weighted by molar-refractivity contribution is 0.0766. The van der Waals surface area contributed by atoms with Crippen LogP contribution in [0.25, 0.3) is 11.1 Å². The highest BCUT2D eigenvalue weighted by Gasteiger charge is 2.26. The summed E-state index contributed by atoms with van der Waals surface area (Å²) < 4.78 is 5.48. The van der Waals surface area contributed by atoms with Crippen LogP contribution in [0.1, 0.15) is 25.7 Å². The molecular formula is C16H21N3O3. The van der Waals surface area contributed by atoms with E-state index in [2.05, 4.69) is 10.3 Å². The van der Waals surface area contributed by atoms with Crippen LogP contribution in [0, 0.1) is 12.8 Å². The molecule has 6 heteroatoms. The number of rotatable bonds is 2. The Balaban J connectivity index is 1.69. The Morgan fingerprint density at radius 3 is 3.14 bits per heavy atom. The zero-order chi connectivity index (χ0) is 15.7. The van der Waals surface area contributed by atoms with Crippen LogP contribution in [0.15, 0.2) is 22.6 Å². The highest BCUT2D eigenvalue weighted by molar-refractivity contribution is 5.91. The van der Waals surface area contributed by atoms with Gasteiger partial charge in [0.25, 0.3) is 0 Å². The van der Waals surface area contributed by atoms with Crippen molar-refractivity contribution in [2.24, 2.45) is 5.92 Å². The number of carbonyl (C=O) groups excluding carboxylic acids is 1. The molecule has 118 valence electrons. The number of nitrogens with zero attached hydrogens (tertiary/aromatic N) is 2. The zero-order valence-corrected chi connectivity index (χ0v) is 12.9. The van der Waals surface area contributed by atoms with E-state index in [0.29, 0.717) is 23.7 Å². The van der Waals surface area contributed by atoms with Gasteiger partial charge < -0.3 is 19.7 Å². The molecule has 1 aliphatic rings. The van der Waals surface area contributed by atoms with E-state index in [9.17, 15) is 9.90 Å². The predicted molar refractivity (Wildman–Crippen MR) is 83.7 cm³/mol. The largest absolute Gasteiger partial charge is 0.441 e. The number of hydrogen-bond donors (Lipinski definition) is 2. The number of amides is 2. The van der Waals surface area contributed by atoms with Crippen LogP contribution in [-0.4, -0.2) is 40.2 Å². The van der Waals surface area contributed by atoms with Gasteiger partial charge in [-0.1, -0.05) is 0 Å². The standard InChI is InChI=1S/C16H21N3O3/c1-10(20)12-4-3-7-19(9-12)16(21)18-13-5-6-14-15(8-13)22-11(2)17-14/h5-6,8,10,12,20H,3-4,7,9H2,1-2H3,(H,18,21). The van der Waals surface area contributed by atoms with Gasteiger partial charge in [-0.25, -0.2) is 9.78 Å². The van der Waals surface area contributed by atoms with Gasteiger partial charge in [0.15, 0.2) is 11.5 Å². The average Bonchev–Trinajstić information content (AvgIpc) is 2.86. The molecule has 2 aromatic rings. The molecule has 1 saturated heterocycles. The summed E-state index contributed by atoms with van der Waals surface area (Å²) in [4.78, 5) is 18.4. The number of aliphatic hydroxyl groups excluding tert-OH is 1. The maximum atomic E-state index is 12.4. The normalized spacial score (nSPS) is 20.1. The van der Waals surface area contributed by atoms with Crippen LogP contribution in [-0.2, 0) is 0 Å². The van der Waals surface area contributed by atoms with E-state index in [1.165, 1.54) is 0 Å². The summed E-state index contributed by atoms with van der Waals surface area (Å²) in [6.45, 7) is 4.89. The van der Waals surface area contributed by atoms with Crippen molar-refractivity contribution in [2.45, 2.75) is 32.8 Å². The molecule has 1 aromatic carbocycles. The van der Waals surface area contributed by atoms with Gasteiger partial charge in [-0.2, -0.15) is 0 Å². The van der Waals surface area contributed by atoms with Crippen LogP contribution in [0.3, 0.4) is 0 Å². The van der Waals surface area contributed by atoms with E-state index in [1.54, 1.807) is 24.8 Å². The molecule has 0 saturated carbocycles. The van der Waals surface area contributed by atoms with Gasteiger partial charge in [-0.15, -0.1) is 0 Å². The molecule has 22 heavy (non-hydrogen) atoms. The number of hydrogen-bond acceptors (Lipinski definition) is 4. The maximum Gasteiger partial charge on any atom is 0.321 e. The van der Waals surface area contributed by atoms with Crippen molar-refractivity contribution in [1.82, 2.24) is 9.88 Å². The molecule has 0 aliphatic carbocycles. The highest BCUT2D eigenvalue weighted by atomic mass is 16.3. The number of urea groups is 1. The molecule has 0 bridgehead atoms. The van der Waals surface area contributed by atoms with Gasteiger partial charge >= 0.3 is 6.03 Å². The predicted octanol–water partition coefficient (Wildman–Crippen LogP) is 2.76. The summed E-state index contributed by atoms with van der Waals surface area (Å²) in [5.41, 5.74) is 2.13. The summed E-state index contributed by atoms with van der Waals surface area (Å²) in [7, 11) is 0. The molecular weight excluding hydrogens is 282 g/mol. The molecule has 0 radical (unpaired) electrons. The van der Waals surface area contributed by atoms with Crippen LogP contribution < -0.4 is 5.32 Å². The topological polar surface area (TPSA) is 78.6 Å². The van der Waals surface area contributed by atoms with Gasteiger partial charge in [0.05, 0.1) is 6.10 Å². The third-order valence-electron chi connectivity index (χ3n) is 4.17. The fourth-order valence-electron chi connectivity index (χ4n) is 2.91. The number of oxazole rings is 1. The number of fused-ring (bicyclic) bond motifs is 1. The van der Waals surface area contributed by atoms with Crippen LogP contribution in [0.4, 0.5) is 10.5 Å². The molecule has 1 aromatic heterocycles. The number of benzene rings is 1. The lowest BCUT2D eigenvalue weighted by Gasteiger charge is -2.34. The minimum atomic E-state index is -0.385. The van der Waals surface area contributed by atoms with Crippen molar-refractivity contribution in [1.29, 1.82) is 0 Å². The molecule has 1 fully saturated rings. The number of anilines is 1. The van der Waals surface area contributed by atoms with Gasteiger partial charge in [-0.05, 0) is 31.9 Å². The Kier molecular flexibility index (Phi) is 4.02. The Morgan fingerprint density at radius 1 is 1.55 bits per heavy atom. The minimum Gasteiger partial charge on any atom is -0.441 e. The first kappa shape index (κ1) is 14.8. The summed E-state index contributed by atoms with van der Waals surface area (Å²) in [6, 6.07) is 5.29. The van der Waals surface area contributed by atoms with Crippen LogP contribution in [0.2, 0.25) is 0 Å². The number of likely N-dealkylation sites (tertiary alicyclic amines) is 1. The summed E-state index contributed by atoms with van der Waals surface area (Å²) in [6.07, 6.45) is 1.50. The fourth-order valence-corrected chi connectivity index (χ4v) is 2.91. The molecule has 2 heterocycles. The number of aryl methyl sites for hydroxylation is 1. The molecule has 3 rings (SSSR count). The lowest BCUT2D eigenvalue weighted by Crippen LogP contribution is -2.44. The van der Waals surface area contributed by atoms with Gasteiger partial charge in [-0.3, -0.25) is 0 Å². The second-order valence-corrected chi connectivity index (χ2v) is 5.93. The first-order valence-corrected chi connectivity index (χ1v) is 7.64. The van der Waals surface area contributed by atoms with Crippen molar-refractivity contribution >= 4 is 22.8 Å². The van der Waals surface area contributed by atoms with E-state index >= 15 is 0 Å². The molecule has 1 aliphatic heterocycles. The molecule has 6 nitrogen and oxygen atoms in total. The SMILES string of the molecule is Cc1nc2ccc(NC(=O)N3CCCC(C(C)O)C3)cc2o1. The summed E-state index contributed by atoms with van der Waals surface area (Å²) >= 11 is 0. The first-order chi connectivity index (χ1) is 10.5. The van der Waals surface area contributed by atoms with Gasteiger partial charge in [0, 0.05) is 37.7 Å². The van der Waals surface area contributed by atoms with Gasteiger partial charge in [0.2, 0.25) is 0 Å². The molecule has 2 amide bonds. The Labute approximate surface area is 129 Å². The maximum absolute atomic E-state index is 12.4. The van der Waals surface area contributed by atoms with Crippen molar-refractivity contribution in [3.05, 3.63) is 24.1 Å². The number of aliphatic hydroxyl groups is 1. The third kappa shape index (κ3) is 3.06. The smallest absolute Gasteiger partial charge is 0.321 e.